The third-order valence-electron chi connectivity index (χ3n) is 3.55. The Bertz CT molecular complexity index is 447. The average molecular weight is 285 g/mol. The Labute approximate surface area is 117 Å². The van der Waals surface area contributed by atoms with Gasteiger partial charge in [0, 0.05) is 12.6 Å². The molecule has 1 fully saturated rings. The maximum atomic E-state index is 13.6. The van der Waals surface area contributed by atoms with E-state index in [0.29, 0.717) is 0 Å². The van der Waals surface area contributed by atoms with Gasteiger partial charge in [0.1, 0.15) is 5.82 Å². The smallest absolute Gasteiger partial charge is 0.322 e. The molecular formula is C14H18ClFN2O. The number of benzene rings is 1. The summed E-state index contributed by atoms with van der Waals surface area (Å²) in [6, 6.07) is 4.34. The molecule has 1 saturated heterocycles. The summed E-state index contributed by atoms with van der Waals surface area (Å²) in [5.41, 5.74) is 0.0644. The third kappa shape index (κ3) is 3.18. The first-order chi connectivity index (χ1) is 9.13. The zero-order chi connectivity index (χ0) is 13.8. The van der Waals surface area contributed by atoms with Crippen LogP contribution in [0.1, 0.15) is 32.6 Å². The molecule has 1 aromatic rings. The number of para-hydroxylation sites is 1. The summed E-state index contributed by atoms with van der Waals surface area (Å²) in [5, 5.41) is 2.81. The second kappa shape index (κ2) is 6.24. The first kappa shape index (κ1) is 14.1. The quantitative estimate of drug-likeness (QED) is 0.864. The minimum atomic E-state index is -0.508. The Kier molecular flexibility index (Phi) is 4.64. The molecule has 0 spiro atoms. The van der Waals surface area contributed by atoms with Crippen molar-refractivity contribution in [3.63, 3.8) is 0 Å². The number of rotatable bonds is 2. The Balaban J connectivity index is 2.12. The molecule has 1 aromatic carbocycles. The molecule has 5 heteroatoms. The molecular weight excluding hydrogens is 267 g/mol. The standard InChI is InChI=1S/C14H18ClFN2O/c1-2-10-6-3-4-9-18(10)14(19)17-13-11(15)7-5-8-12(13)16/h5,7-8,10H,2-4,6,9H2,1H3,(H,17,19). The summed E-state index contributed by atoms with van der Waals surface area (Å²) in [6.07, 6.45) is 4.06. The van der Waals surface area contributed by atoms with E-state index in [2.05, 4.69) is 12.2 Å². The molecule has 0 radical (unpaired) electrons. The summed E-state index contributed by atoms with van der Waals surface area (Å²) in [5.74, 6) is -0.508. The van der Waals surface area contributed by atoms with Gasteiger partial charge in [-0.3, -0.25) is 0 Å². The first-order valence-corrected chi connectivity index (χ1v) is 7.03. The minimum absolute atomic E-state index is 0.0644. The number of nitrogens with zero attached hydrogens (tertiary/aromatic N) is 1. The summed E-state index contributed by atoms with van der Waals surface area (Å²) < 4.78 is 13.6. The molecule has 1 N–H and O–H groups in total. The van der Waals surface area contributed by atoms with Gasteiger partial charge in [-0.25, -0.2) is 9.18 Å². The fraction of sp³-hybridized carbons (Fsp3) is 0.500. The van der Waals surface area contributed by atoms with Gasteiger partial charge in [0.15, 0.2) is 0 Å². The molecule has 0 aliphatic carbocycles. The maximum absolute atomic E-state index is 13.6. The van der Waals surface area contributed by atoms with E-state index < -0.39 is 5.82 Å². The normalized spacial score (nSPS) is 19.3. The van der Waals surface area contributed by atoms with Gasteiger partial charge in [0.2, 0.25) is 0 Å². The zero-order valence-electron chi connectivity index (χ0n) is 11.0. The van der Waals surface area contributed by atoms with E-state index >= 15 is 0 Å². The number of halogens is 2. The monoisotopic (exact) mass is 284 g/mol. The van der Waals surface area contributed by atoms with Gasteiger partial charge in [0.25, 0.3) is 0 Å². The van der Waals surface area contributed by atoms with E-state index in [9.17, 15) is 9.18 Å². The summed E-state index contributed by atoms with van der Waals surface area (Å²) >= 11 is 5.91. The highest BCUT2D eigenvalue weighted by atomic mass is 35.5. The number of urea groups is 1. The van der Waals surface area contributed by atoms with Crippen LogP contribution in [0, 0.1) is 5.82 Å². The highest BCUT2D eigenvalue weighted by Gasteiger charge is 2.26. The Morgan fingerprint density at radius 1 is 1.53 bits per heavy atom. The van der Waals surface area contributed by atoms with Crippen molar-refractivity contribution in [1.29, 1.82) is 0 Å². The minimum Gasteiger partial charge on any atom is -0.322 e. The molecule has 1 aliphatic heterocycles. The van der Waals surface area contributed by atoms with Crippen molar-refractivity contribution >= 4 is 23.3 Å². The highest BCUT2D eigenvalue weighted by molar-refractivity contribution is 6.33. The molecule has 1 atom stereocenters. The molecule has 3 nitrogen and oxygen atoms in total. The van der Waals surface area contributed by atoms with Crippen molar-refractivity contribution in [1.82, 2.24) is 4.90 Å². The molecule has 1 aliphatic rings. The Morgan fingerprint density at radius 3 is 3.00 bits per heavy atom. The van der Waals surface area contributed by atoms with E-state index in [0.717, 1.165) is 32.2 Å². The van der Waals surface area contributed by atoms with Crippen LogP contribution in [0.5, 0.6) is 0 Å². The molecule has 0 bridgehead atoms. The fourth-order valence-corrected chi connectivity index (χ4v) is 2.70. The number of amides is 2. The molecule has 2 rings (SSSR count). The predicted octanol–water partition coefficient (Wildman–Crippen LogP) is 4.28. The Hall–Kier alpha value is -1.29. The van der Waals surface area contributed by atoms with Gasteiger partial charge in [-0.2, -0.15) is 0 Å². The van der Waals surface area contributed by atoms with Gasteiger partial charge in [-0.05, 0) is 37.8 Å². The SMILES string of the molecule is CCC1CCCCN1C(=O)Nc1c(F)cccc1Cl. The molecule has 1 heterocycles. The van der Waals surface area contributed by atoms with E-state index in [1.807, 2.05) is 0 Å². The lowest BCUT2D eigenvalue weighted by atomic mass is 10.0. The van der Waals surface area contributed by atoms with Crippen LogP contribution >= 0.6 is 11.6 Å². The number of anilines is 1. The number of nitrogens with one attached hydrogen (secondary N) is 1. The molecule has 19 heavy (non-hydrogen) atoms. The van der Waals surface area contributed by atoms with Crippen molar-refractivity contribution in [3.05, 3.63) is 29.0 Å². The van der Waals surface area contributed by atoms with Crippen molar-refractivity contribution in [2.24, 2.45) is 0 Å². The van der Waals surface area contributed by atoms with Crippen LogP contribution in [0.3, 0.4) is 0 Å². The van der Waals surface area contributed by atoms with Crippen LogP contribution in [0.4, 0.5) is 14.9 Å². The van der Waals surface area contributed by atoms with Crippen molar-refractivity contribution in [2.45, 2.75) is 38.6 Å². The number of carbonyl (C=O) groups excluding carboxylic acids is 1. The first-order valence-electron chi connectivity index (χ1n) is 6.65. The van der Waals surface area contributed by atoms with Crippen LogP contribution < -0.4 is 5.32 Å². The molecule has 104 valence electrons. The van der Waals surface area contributed by atoms with Gasteiger partial charge in [0.05, 0.1) is 10.7 Å². The van der Waals surface area contributed by atoms with Crippen LogP contribution in [0.2, 0.25) is 5.02 Å². The lowest BCUT2D eigenvalue weighted by Gasteiger charge is -2.35. The lowest BCUT2D eigenvalue weighted by molar-refractivity contribution is 0.160. The topological polar surface area (TPSA) is 32.3 Å². The maximum Gasteiger partial charge on any atom is 0.322 e. The second-order valence-corrected chi connectivity index (χ2v) is 5.19. The highest BCUT2D eigenvalue weighted by Crippen LogP contribution is 2.26. The summed E-state index contributed by atoms with van der Waals surface area (Å²) in [4.78, 5) is 14.0. The van der Waals surface area contributed by atoms with E-state index in [1.165, 1.54) is 12.1 Å². The van der Waals surface area contributed by atoms with Gasteiger partial charge in [-0.1, -0.05) is 24.6 Å². The van der Waals surface area contributed by atoms with E-state index in [1.54, 1.807) is 11.0 Å². The number of likely N-dealkylation sites (tertiary alicyclic amines) is 1. The van der Waals surface area contributed by atoms with Crippen LogP contribution in [0.25, 0.3) is 0 Å². The number of carbonyl (C=O) groups is 1. The van der Waals surface area contributed by atoms with Crippen molar-refractivity contribution < 1.29 is 9.18 Å². The fourth-order valence-electron chi connectivity index (χ4n) is 2.49. The number of piperidine rings is 1. The molecule has 0 aromatic heterocycles. The largest absolute Gasteiger partial charge is 0.322 e. The van der Waals surface area contributed by atoms with E-state index in [4.69, 9.17) is 11.6 Å². The number of hydrogen-bond acceptors (Lipinski definition) is 1. The Morgan fingerprint density at radius 2 is 2.32 bits per heavy atom. The van der Waals surface area contributed by atoms with Crippen LogP contribution in [-0.2, 0) is 0 Å². The van der Waals surface area contributed by atoms with Crippen molar-refractivity contribution in [2.75, 3.05) is 11.9 Å². The average Bonchev–Trinajstić information content (AvgIpc) is 2.42. The zero-order valence-corrected chi connectivity index (χ0v) is 11.7. The predicted molar refractivity (Wildman–Crippen MR) is 75.1 cm³/mol. The van der Waals surface area contributed by atoms with Gasteiger partial charge < -0.3 is 10.2 Å². The van der Waals surface area contributed by atoms with Gasteiger partial charge in [-0.15, -0.1) is 0 Å². The van der Waals surface area contributed by atoms with Crippen LogP contribution in [0.15, 0.2) is 18.2 Å². The summed E-state index contributed by atoms with van der Waals surface area (Å²) in [7, 11) is 0. The third-order valence-corrected chi connectivity index (χ3v) is 3.87. The molecule has 0 saturated carbocycles. The molecule has 2 amide bonds. The van der Waals surface area contributed by atoms with E-state index in [-0.39, 0.29) is 22.8 Å². The number of hydrogen-bond donors (Lipinski definition) is 1. The van der Waals surface area contributed by atoms with Gasteiger partial charge >= 0.3 is 6.03 Å². The van der Waals surface area contributed by atoms with Crippen molar-refractivity contribution in [3.8, 4) is 0 Å². The second-order valence-electron chi connectivity index (χ2n) is 4.78. The lowest BCUT2D eigenvalue weighted by Crippen LogP contribution is -2.45. The summed E-state index contributed by atoms with van der Waals surface area (Å²) in [6.45, 7) is 2.78. The molecule has 1 unspecified atom stereocenters. The van der Waals surface area contributed by atoms with Crippen LogP contribution in [-0.4, -0.2) is 23.5 Å².